The van der Waals surface area contributed by atoms with Gasteiger partial charge in [-0.2, -0.15) is 0 Å². The topological polar surface area (TPSA) is 55.4 Å². The summed E-state index contributed by atoms with van der Waals surface area (Å²) in [5.74, 6) is 0.972. The fraction of sp³-hybridized carbons (Fsp3) is 0.889. The van der Waals surface area contributed by atoms with Crippen molar-refractivity contribution < 1.29 is 14.3 Å². The first kappa shape index (κ1) is 17.5. The van der Waals surface area contributed by atoms with Crippen LogP contribution in [-0.4, -0.2) is 30.9 Å². The molecule has 4 nitrogen and oxygen atoms in total. The van der Waals surface area contributed by atoms with Crippen LogP contribution in [0.25, 0.3) is 0 Å². The van der Waals surface area contributed by atoms with Gasteiger partial charge in [0, 0.05) is 12.5 Å². The average Bonchev–Trinajstić information content (AvgIpc) is 2.56. The molecule has 0 aromatic heterocycles. The van der Waals surface area contributed by atoms with Crippen LogP contribution in [0.4, 0.5) is 0 Å². The van der Waals surface area contributed by atoms with Crippen molar-refractivity contribution in [3.8, 4) is 0 Å². The molecular weight excluding hydrogens is 278 g/mol. The number of nitrogens with one attached hydrogen (secondary N) is 1. The first-order chi connectivity index (χ1) is 10.7. The van der Waals surface area contributed by atoms with Crippen LogP contribution in [0.1, 0.15) is 71.1 Å². The van der Waals surface area contributed by atoms with Crippen LogP contribution in [0.5, 0.6) is 0 Å². The summed E-state index contributed by atoms with van der Waals surface area (Å²) in [6.45, 7) is 2.77. The van der Waals surface area contributed by atoms with Gasteiger partial charge in [-0.15, -0.1) is 0 Å². The van der Waals surface area contributed by atoms with E-state index in [4.69, 9.17) is 4.74 Å². The highest BCUT2D eigenvalue weighted by atomic mass is 16.5. The van der Waals surface area contributed by atoms with Crippen LogP contribution in [0, 0.1) is 11.8 Å². The SMILES string of the molecule is CCOC1CCC(C(=O)C(CC2CCCCC2)NC=O)CC1. The van der Waals surface area contributed by atoms with Crippen LogP contribution in [0.2, 0.25) is 0 Å². The van der Waals surface area contributed by atoms with Gasteiger partial charge in [0.15, 0.2) is 5.78 Å². The van der Waals surface area contributed by atoms with Crippen molar-refractivity contribution in [1.82, 2.24) is 5.32 Å². The van der Waals surface area contributed by atoms with Crippen LogP contribution in [-0.2, 0) is 14.3 Å². The maximum absolute atomic E-state index is 12.8. The molecule has 0 radical (unpaired) electrons. The van der Waals surface area contributed by atoms with E-state index >= 15 is 0 Å². The monoisotopic (exact) mass is 309 g/mol. The summed E-state index contributed by atoms with van der Waals surface area (Å²) in [5.41, 5.74) is 0. The van der Waals surface area contributed by atoms with Crippen molar-refractivity contribution in [1.29, 1.82) is 0 Å². The zero-order valence-corrected chi connectivity index (χ0v) is 13.9. The highest BCUT2D eigenvalue weighted by Gasteiger charge is 2.32. The molecule has 0 aromatic rings. The van der Waals surface area contributed by atoms with Crippen molar-refractivity contribution >= 4 is 12.2 Å². The maximum atomic E-state index is 12.8. The van der Waals surface area contributed by atoms with Crippen LogP contribution < -0.4 is 5.32 Å². The highest BCUT2D eigenvalue weighted by Crippen LogP contribution is 2.31. The van der Waals surface area contributed by atoms with Gasteiger partial charge in [-0.05, 0) is 44.9 Å². The third-order valence-corrected chi connectivity index (χ3v) is 5.39. The Morgan fingerprint density at radius 2 is 1.82 bits per heavy atom. The largest absolute Gasteiger partial charge is 0.379 e. The third-order valence-electron chi connectivity index (χ3n) is 5.39. The van der Waals surface area contributed by atoms with Crippen LogP contribution >= 0.6 is 0 Å². The van der Waals surface area contributed by atoms with Gasteiger partial charge >= 0.3 is 0 Å². The molecule has 1 atom stereocenters. The number of hydrogen-bond donors (Lipinski definition) is 1. The maximum Gasteiger partial charge on any atom is 0.207 e. The van der Waals surface area contributed by atoms with E-state index in [-0.39, 0.29) is 17.7 Å². The van der Waals surface area contributed by atoms with E-state index in [9.17, 15) is 9.59 Å². The fourth-order valence-corrected chi connectivity index (χ4v) is 4.14. The lowest BCUT2D eigenvalue weighted by molar-refractivity contribution is -0.129. The number of amides is 1. The molecule has 2 fully saturated rings. The Kier molecular flexibility index (Phi) is 7.37. The Balaban J connectivity index is 1.84. The summed E-state index contributed by atoms with van der Waals surface area (Å²) in [4.78, 5) is 23.7. The average molecular weight is 309 g/mol. The van der Waals surface area contributed by atoms with Gasteiger partial charge in [-0.1, -0.05) is 32.1 Å². The van der Waals surface area contributed by atoms with E-state index in [0.717, 1.165) is 38.7 Å². The number of ketones is 1. The van der Waals surface area contributed by atoms with Gasteiger partial charge in [-0.3, -0.25) is 9.59 Å². The Hall–Kier alpha value is -0.900. The van der Waals surface area contributed by atoms with Crippen molar-refractivity contribution in [2.45, 2.75) is 83.3 Å². The van der Waals surface area contributed by atoms with Crippen LogP contribution in [0.15, 0.2) is 0 Å². The van der Waals surface area contributed by atoms with E-state index in [0.29, 0.717) is 18.4 Å². The highest BCUT2D eigenvalue weighted by molar-refractivity contribution is 5.87. The minimum Gasteiger partial charge on any atom is -0.379 e. The Bertz CT molecular complexity index is 344. The summed E-state index contributed by atoms with van der Waals surface area (Å²) in [6.07, 6.45) is 11.9. The summed E-state index contributed by atoms with van der Waals surface area (Å²) < 4.78 is 5.66. The lowest BCUT2D eigenvalue weighted by Crippen LogP contribution is -2.42. The van der Waals surface area contributed by atoms with Crippen molar-refractivity contribution in [3.05, 3.63) is 0 Å². The molecule has 4 heteroatoms. The first-order valence-corrected chi connectivity index (χ1v) is 9.09. The van der Waals surface area contributed by atoms with Crippen molar-refractivity contribution in [2.75, 3.05) is 6.61 Å². The quantitative estimate of drug-likeness (QED) is 0.700. The normalized spacial score (nSPS) is 28.0. The predicted molar refractivity (Wildman–Crippen MR) is 86.6 cm³/mol. The molecule has 2 rings (SSSR count). The zero-order valence-electron chi connectivity index (χ0n) is 13.9. The van der Waals surface area contributed by atoms with Gasteiger partial charge in [0.2, 0.25) is 6.41 Å². The summed E-state index contributed by atoms with van der Waals surface area (Å²) in [6, 6.07) is -0.269. The lowest BCUT2D eigenvalue weighted by Gasteiger charge is -2.31. The molecule has 2 saturated carbocycles. The lowest BCUT2D eigenvalue weighted by atomic mass is 9.78. The molecule has 0 aliphatic heterocycles. The molecule has 0 heterocycles. The Labute approximate surface area is 134 Å². The summed E-state index contributed by atoms with van der Waals surface area (Å²) >= 11 is 0. The second-order valence-electron chi connectivity index (χ2n) is 6.91. The summed E-state index contributed by atoms with van der Waals surface area (Å²) in [7, 11) is 0. The van der Waals surface area contributed by atoms with E-state index in [1.54, 1.807) is 0 Å². The van der Waals surface area contributed by atoms with Gasteiger partial charge in [0.05, 0.1) is 12.1 Å². The number of rotatable bonds is 8. The predicted octanol–water partition coefficient (Wildman–Crippen LogP) is 3.24. The second-order valence-corrected chi connectivity index (χ2v) is 6.91. The zero-order chi connectivity index (χ0) is 15.8. The smallest absolute Gasteiger partial charge is 0.207 e. The molecule has 1 amide bonds. The van der Waals surface area contributed by atoms with E-state index in [1.807, 2.05) is 6.92 Å². The molecule has 1 unspecified atom stereocenters. The molecule has 2 aliphatic carbocycles. The van der Waals surface area contributed by atoms with Crippen LogP contribution in [0.3, 0.4) is 0 Å². The molecule has 0 bridgehead atoms. The summed E-state index contributed by atoms with van der Waals surface area (Å²) in [5, 5.41) is 2.80. The minimum absolute atomic E-state index is 0.109. The number of Topliss-reactive ketones (excluding diaryl/α,β-unsaturated/α-hetero) is 1. The van der Waals surface area contributed by atoms with E-state index in [2.05, 4.69) is 5.32 Å². The van der Waals surface area contributed by atoms with Gasteiger partial charge in [-0.25, -0.2) is 0 Å². The standard InChI is InChI=1S/C18H31NO3/c1-2-22-16-10-8-15(9-11-16)18(21)17(19-13-20)12-14-6-4-3-5-7-14/h13-17H,2-12H2,1H3,(H,19,20). The third kappa shape index (κ3) is 5.08. The Morgan fingerprint density at radius 1 is 1.14 bits per heavy atom. The van der Waals surface area contributed by atoms with Gasteiger partial charge in [0.1, 0.15) is 0 Å². The molecule has 0 saturated heterocycles. The first-order valence-electron chi connectivity index (χ1n) is 9.09. The minimum atomic E-state index is -0.269. The van der Waals surface area contributed by atoms with Gasteiger partial charge < -0.3 is 10.1 Å². The van der Waals surface area contributed by atoms with E-state index < -0.39 is 0 Å². The molecule has 2 aliphatic rings. The number of carbonyl (C=O) groups excluding carboxylic acids is 2. The van der Waals surface area contributed by atoms with E-state index in [1.165, 1.54) is 32.1 Å². The molecule has 0 spiro atoms. The van der Waals surface area contributed by atoms with Crippen molar-refractivity contribution in [2.24, 2.45) is 11.8 Å². The molecule has 1 N–H and O–H groups in total. The van der Waals surface area contributed by atoms with Crippen molar-refractivity contribution in [3.63, 3.8) is 0 Å². The fourth-order valence-electron chi connectivity index (χ4n) is 4.14. The molecule has 0 aromatic carbocycles. The molecule has 22 heavy (non-hydrogen) atoms. The number of ether oxygens (including phenoxy) is 1. The Morgan fingerprint density at radius 3 is 2.41 bits per heavy atom. The number of hydrogen-bond acceptors (Lipinski definition) is 3. The molecule has 126 valence electrons. The van der Waals surface area contributed by atoms with Gasteiger partial charge in [0.25, 0.3) is 0 Å². The second kappa shape index (κ2) is 9.29. The number of carbonyl (C=O) groups is 2. The molecular formula is C18H31NO3.